The van der Waals surface area contributed by atoms with Gasteiger partial charge in [0.2, 0.25) is 0 Å². The predicted molar refractivity (Wildman–Crippen MR) is 173 cm³/mol. The molecule has 16 heteroatoms. The zero-order valence-corrected chi connectivity index (χ0v) is 29.0. The Kier molecular flexibility index (Phi) is 12.4. The molecule has 0 aliphatic carbocycles. The summed E-state index contributed by atoms with van der Waals surface area (Å²) >= 11 is 0. The number of alkyl halides is 3. The van der Waals surface area contributed by atoms with Crippen LogP contribution in [0.3, 0.4) is 0 Å². The number of hydrogen-bond donors (Lipinski definition) is 2. The van der Waals surface area contributed by atoms with Gasteiger partial charge in [0.1, 0.15) is 24.1 Å². The molecule has 10 nitrogen and oxygen atoms in total. The third-order valence-electron chi connectivity index (χ3n) is 7.56. The Morgan fingerprint density at radius 1 is 1.11 bits per heavy atom. The second-order valence-corrected chi connectivity index (χ2v) is 20.5. The molecule has 1 saturated heterocycles. The molecule has 1 unspecified atom stereocenters. The molecule has 2 N–H and O–H groups in total. The van der Waals surface area contributed by atoms with Crippen LogP contribution in [0.15, 0.2) is 47.4 Å². The lowest BCUT2D eigenvalue weighted by Gasteiger charge is -2.37. The smallest absolute Gasteiger partial charge is 0.414 e. The Hall–Kier alpha value is -2.37. The summed E-state index contributed by atoms with van der Waals surface area (Å²) in [4.78, 5) is 40.7. The third-order valence-corrected chi connectivity index (χ3v) is 15.0. The van der Waals surface area contributed by atoms with Gasteiger partial charge in [-0.3, -0.25) is 14.2 Å². The minimum Gasteiger partial charge on any atom is -0.414 e. The van der Waals surface area contributed by atoms with Crippen molar-refractivity contribution in [2.75, 3.05) is 24.4 Å². The normalized spacial score (nSPS) is 19.4. The summed E-state index contributed by atoms with van der Waals surface area (Å²) < 4.78 is 57.1. The van der Waals surface area contributed by atoms with Gasteiger partial charge in [-0.2, -0.15) is 18.2 Å². The molecular formula is C29H41F3N4O6S2Si. The first-order chi connectivity index (χ1) is 20.8. The van der Waals surface area contributed by atoms with Crippen molar-refractivity contribution in [3.63, 3.8) is 0 Å². The lowest BCUT2D eigenvalue weighted by Crippen LogP contribution is -2.44. The molecule has 1 fully saturated rings. The molecule has 1 aromatic carbocycles. The van der Waals surface area contributed by atoms with Crippen molar-refractivity contribution in [2.24, 2.45) is 0 Å². The maximum absolute atomic E-state index is 13.0. The zero-order valence-electron chi connectivity index (χ0n) is 26.4. The predicted octanol–water partition coefficient (Wildman–Crippen LogP) is 5.99. The van der Waals surface area contributed by atoms with Gasteiger partial charge < -0.3 is 24.5 Å². The number of aromatic nitrogens is 2. The summed E-state index contributed by atoms with van der Waals surface area (Å²) in [6.45, 7) is 14.1. The number of benzene rings is 1. The van der Waals surface area contributed by atoms with Gasteiger partial charge in [0, 0.05) is 29.5 Å². The maximum atomic E-state index is 13.0. The van der Waals surface area contributed by atoms with Crippen LogP contribution >= 0.6 is 21.6 Å². The second-order valence-electron chi connectivity index (χ2n) is 12.7. The fraction of sp³-hybridized carbons (Fsp3) is 0.586. The summed E-state index contributed by atoms with van der Waals surface area (Å²) in [6.07, 6.45) is -4.77. The van der Waals surface area contributed by atoms with Gasteiger partial charge in [0.05, 0.1) is 12.7 Å². The van der Waals surface area contributed by atoms with Crippen molar-refractivity contribution in [3.05, 3.63) is 58.6 Å². The van der Waals surface area contributed by atoms with Gasteiger partial charge >= 0.3 is 17.8 Å². The molecule has 1 aliphatic heterocycles. The van der Waals surface area contributed by atoms with E-state index < -0.39 is 55.2 Å². The van der Waals surface area contributed by atoms with Crippen molar-refractivity contribution in [3.8, 4) is 0 Å². The third kappa shape index (κ3) is 10.8. The number of nitrogens with zero attached hydrogens (tertiary/aromatic N) is 2. The number of rotatable bonds is 13. The number of anilines is 1. The van der Waals surface area contributed by atoms with Gasteiger partial charge in [0.25, 0.3) is 5.91 Å². The van der Waals surface area contributed by atoms with Crippen LogP contribution in [0.1, 0.15) is 57.6 Å². The molecule has 0 spiro atoms. The summed E-state index contributed by atoms with van der Waals surface area (Å²) in [5, 5.41) is 4.50. The highest BCUT2D eigenvalue weighted by Crippen LogP contribution is 2.39. The SMILES string of the molecule is CC(C)(CNC(=O)C(F)(F)F)SSCOC1C[C@H](n2ccc(NC(=O)c3ccccc3)nc2=O)O[C@@H]1CO[Si](C)(C)C(C)(C)C. The first kappa shape index (κ1) is 37.1. The number of carbonyl (C=O) groups excluding carboxylic acids is 2. The molecule has 45 heavy (non-hydrogen) atoms. The summed E-state index contributed by atoms with van der Waals surface area (Å²) in [5.74, 6) is -2.09. The Bertz CT molecular complexity index is 1370. The van der Waals surface area contributed by atoms with E-state index in [1.165, 1.54) is 38.4 Å². The Morgan fingerprint density at radius 3 is 2.38 bits per heavy atom. The van der Waals surface area contributed by atoms with E-state index in [0.717, 1.165) is 0 Å². The minimum absolute atomic E-state index is 0.0398. The summed E-state index contributed by atoms with van der Waals surface area (Å²) in [7, 11) is 0.440. The molecule has 3 atom stereocenters. The molecule has 0 radical (unpaired) electrons. The van der Waals surface area contributed by atoms with Gasteiger partial charge in [-0.05, 0) is 50.2 Å². The van der Waals surface area contributed by atoms with Crippen LogP contribution in [-0.2, 0) is 18.7 Å². The molecule has 0 saturated carbocycles. The van der Waals surface area contributed by atoms with Crippen LogP contribution in [-0.4, -0.2) is 71.9 Å². The van der Waals surface area contributed by atoms with E-state index in [0.29, 0.717) is 12.0 Å². The van der Waals surface area contributed by atoms with E-state index >= 15 is 0 Å². The minimum atomic E-state index is -4.94. The fourth-order valence-electron chi connectivity index (χ4n) is 3.90. The number of ether oxygens (including phenoxy) is 2. The van der Waals surface area contributed by atoms with E-state index in [2.05, 4.69) is 44.2 Å². The molecule has 1 aromatic heterocycles. The van der Waals surface area contributed by atoms with Crippen LogP contribution in [0.5, 0.6) is 0 Å². The molecule has 250 valence electrons. The van der Waals surface area contributed by atoms with Crippen molar-refractivity contribution in [2.45, 2.75) is 88.5 Å². The van der Waals surface area contributed by atoms with Crippen LogP contribution in [0.4, 0.5) is 19.0 Å². The molecule has 0 bridgehead atoms. The average Bonchev–Trinajstić information content (AvgIpc) is 3.35. The molecule has 1 aliphatic rings. The highest BCUT2D eigenvalue weighted by Gasteiger charge is 2.42. The summed E-state index contributed by atoms with van der Waals surface area (Å²) in [5.41, 5.74) is -0.180. The van der Waals surface area contributed by atoms with Crippen LogP contribution in [0.25, 0.3) is 0 Å². The average molecular weight is 691 g/mol. The molecule has 2 aromatic rings. The van der Waals surface area contributed by atoms with Crippen molar-refractivity contribution >= 4 is 47.5 Å². The van der Waals surface area contributed by atoms with Gasteiger partial charge in [0.15, 0.2) is 8.32 Å². The largest absolute Gasteiger partial charge is 0.471 e. The van der Waals surface area contributed by atoms with Gasteiger partial charge in [-0.15, -0.1) is 0 Å². The van der Waals surface area contributed by atoms with Gasteiger partial charge in [-0.25, -0.2) is 4.79 Å². The first-order valence-electron chi connectivity index (χ1n) is 14.3. The Morgan fingerprint density at radius 2 is 1.78 bits per heavy atom. The monoisotopic (exact) mass is 690 g/mol. The number of amides is 2. The van der Waals surface area contributed by atoms with E-state index in [-0.39, 0.29) is 29.9 Å². The van der Waals surface area contributed by atoms with Crippen LogP contribution in [0, 0.1) is 0 Å². The number of nitrogens with one attached hydrogen (secondary N) is 2. The van der Waals surface area contributed by atoms with E-state index in [1.54, 1.807) is 44.2 Å². The molecular weight excluding hydrogens is 650 g/mol. The molecule has 3 rings (SSSR count). The highest BCUT2D eigenvalue weighted by molar-refractivity contribution is 8.77. The van der Waals surface area contributed by atoms with E-state index in [4.69, 9.17) is 13.9 Å². The van der Waals surface area contributed by atoms with Crippen molar-refractivity contribution in [1.29, 1.82) is 0 Å². The van der Waals surface area contributed by atoms with Crippen molar-refractivity contribution < 1.29 is 36.7 Å². The Balaban J connectivity index is 1.65. The lowest BCUT2D eigenvalue weighted by atomic mass is 10.2. The maximum Gasteiger partial charge on any atom is 0.471 e. The van der Waals surface area contributed by atoms with Crippen LogP contribution in [0.2, 0.25) is 18.1 Å². The topological polar surface area (TPSA) is 121 Å². The summed E-state index contributed by atoms with van der Waals surface area (Å²) in [6, 6.07) is 10.1. The Labute approximate surface area is 270 Å². The molecule has 2 heterocycles. The lowest BCUT2D eigenvalue weighted by molar-refractivity contribution is -0.173. The van der Waals surface area contributed by atoms with E-state index in [1.807, 2.05) is 5.32 Å². The number of carbonyl (C=O) groups is 2. The first-order valence-corrected chi connectivity index (χ1v) is 19.5. The highest BCUT2D eigenvalue weighted by atomic mass is 33.1. The molecule has 2 amide bonds. The fourth-order valence-corrected chi connectivity index (χ4v) is 7.09. The van der Waals surface area contributed by atoms with Gasteiger partial charge in [-0.1, -0.05) is 60.6 Å². The second kappa shape index (κ2) is 15.0. The number of hydrogen-bond acceptors (Lipinski definition) is 9. The van der Waals surface area contributed by atoms with Crippen molar-refractivity contribution in [1.82, 2.24) is 14.9 Å². The standard InChI is InChI=1S/C29H41F3N4O6S2Si/c1-27(2,3)45(6,7)41-16-21-20(40-18-43-44-28(4,5)17-33-25(38)29(30,31)32)15-23(42-21)36-14-13-22(35-26(36)39)34-24(37)19-11-9-8-10-12-19/h8-14,20-21,23H,15-18H2,1-7H3,(H,33,38)(H,34,35,37,39)/t20?,21-,23-/m1/s1. The van der Waals surface area contributed by atoms with E-state index in [9.17, 15) is 27.6 Å². The number of halogens is 3. The zero-order chi connectivity index (χ0) is 33.6. The van der Waals surface area contributed by atoms with Crippen LogP contribution < -0.4 is 16.3 Å². The quantitative estimate of drug-likeness (QED) is 0.113.